The van der Waals surface area contributed by atoms with Gasteiger partial charge < -0.3 is 9.64 Å². The van der Waals surface area contributed by atoms with Gasteiger partial charge in [0.1, 0.15) is 5.60 Å². The number of hydrogen-bond donors (Lipinski definition) is 0. The van der Waals surface area contributed by atoms with Crippen LogP contribution in [0.2, 0.25) is 0 Å². The van der Waals surface area contributed by atoms with Crippen LogP contribution in [0.5, 0.6) is 0 Å². The van der Waals surface area contributed by atoms with E-state index in [1.165, 1.54) is 27.4 Å². The number of likely N-dealkylation sites (N-methyl/N-ethyl adjacent to an activating group) is 1. The standard InChI is InChI=1S/C16H20F2N2O4S/c1-15(17,18)12-4-3-5-13(10-12)25(22,23)20-8-6-16(7-9-20)11-19(2)14(21)24-16/h3-5,10H,6-9,11H2,1-2H3. The monoisotopic (exact) mass is 374 g/mol. The number of ether oxygens (including phenoxy) is 1. The van der Waals surface area contributed by atoms with Gasteiger partial charge in [-0.2, -0.15) is 4.31 Å². The highest BCUT2D eigenvalue weighted by Gasteiger charge is 2.47. The number of sulfonamides is 1. The molecule has 0 aliphatic carbocycles. The van der Waals surface area contributed by atoms with Gasteiger partial charge in [0.05, 0.1) is 11.4 Å². The van der Waals surface area contributed by atoms with E-state index >= 15 is 0 Å². The first-order chi connectivity index (χ1) is 11.5. The van der Waals surface area contributed by atoms with Crippen LogP contribution in [-0.2, 0) is 20.7 Å². The van der Waals surface area contributed by atoms with Gasteiger partial charge in [0.15, 0.2) is 0 Å². The first kappa shape index (κ1) is 18.1. The lowest BCUT2D eigenvalue weighted by Crippen LogP contribution is -2.48. The molecule has 9 heteroatoms. The summed E-state index contributed by atoms with van der Waals surface area (Å²) in [5.41, 5.74) is -0.996. The molecule has 0 unspecified atom stereocenters. The van der Waals surface area contributed by atoms with E-state index in [4.69, 9.17) is 4.74 Å². The summed E-state index contributed by atoms with van der Waals surface area (Å²) in [5, 5.41) is 0. The minimum atomic E-state index is -3.87. The molecule has 0 bridgehead atoms. The number of benzene rings is 1. The van der Waals surface area contributed by atoms with Gasteiger partial charge in [-0.1, -0.05) is 12.1 Å². The molecule has 1 aromatic rings. The van der Waals surface area contributed by atoms with Crippen LogP contribution in [0, 0.1) is 0 Å². The maximum absolute atomic E-state index is 13.5. The third-order valence-corrected chi connectivity index (χ3v) is 6.65. The number of halogens is 2. The van der Waals surface area contributed by atoms with Gasteiger partial charge >= 0.3 is 6.09 Å². The Labute approximate surface area is 145 Å². The van der Waals surface area contributed by atoms with E-state index in [1.54, 1.807) is 7.05 Å². The highest BCUT2D eigenvalue weighted by molar-refractivity contribution is 7.89. The minimum Gasteiger partial charge on any atom is -0.441 e. The molecule has 3 rings (SSSR count). The second-order valence-electron chi connectivity index (χ2n) is 6.73. The normalized spacial score (nSPS) is 21.6. The first-order valence-electron chi connectivity index (χ1n) is 7.96. The van der Waals surface area contributed by atoms with Crippen molar-refractivity contribution >= 4 is 16.1 Å². The number of amides is 1. The number of carbonyl (C=O) groups excluding carboxylic acids is 1. The summed E-state index contributed by atoms with van der Waals surface area (Å²) in [7, 11) is -2.24. The smallest absolute Gasteiger partial charge is 0.410 e. The molecule has 0 N–H and O–H groups in total. The maximum Gasteiger partial charge on any atom is 0.410 e. The molecular formula is C16H20F2N2O4S. The van der Waals surface area contributed by atoms with Crippen LogP contribution in [-0.4, -0.2) is 56.0 Å². The van der Waals surface area contributed by atoms with Crippen molar-refractivity contribution in [2.45, 2.75) is 36.2 Å². The van der Waals surface area contributed by atoms with Gasteiger partial charge in [0, 0.05) is 45.5 Å². The number of nitrogens with zero attached hydrogens (tertiary/aromatic N) is 2. The lowest BCUT2D eigenvalue weighted by molar-refractivity contribution is 0.0172. The zero-order valence-electron chi connectivity index (χ0n) is 14.0. The summed E-state index contributed by atoms with van der Waals surface area (Å²) in [6.45, 7) is 1.51. The number of piperidine rings is 1. The Balaban J connectivity index is 1.78. The fourth-order valence-corrected chi connectivity index (χ4v) is 4.75. The highest BCUT2D eigenvalue weighted by Crippen LogP contribution is 2.35. The Morgan fingerprint density at radius 3 is 2.40 bits per heavy atom. The van der Waals surface area contributed by atoms with Gasteiger partial charge in [0.2, 0.25) is 10.0 Å². The zero-order chi connectivity index (χ0) is 18.5. The summed E-state index contributed by atoms with van der Waals surface area (Å²) < 4.78 is 59.1. The van der Waals surface area contributed by atoms with Crippen LogP contribution in [0.3, 0.4) is 0 Å². The fourth-order valence-electron chi connectivity index (χ4n) is 3.27. The number of rotatable bonds is 3. The van der Waals surface area contributed by atoms with Crippen molar-refractivity contribution in [1.82, 2.24) is 9.21 Å². The molecule has 1 spiro atoms. The third-order valence-electron chi connectivity index (χ3n) is 4.75. The van der Waals surface area contributed by atoms with Crippen LogP contribution >= 0.6 is 0 Å². The van der Waals surface area contributed by atoms with Crippen molar-refractivity contribution in [3.05, 3.63) is 29.8 Å². The molecule has 2 heterocycles. The van der Waals surface area contributed by atoms with Crippen molar-refractivity contribution in [2.24, 2.45) is 0 Å². The van der Waals surface area contributed by atoms with E-state index in [2.05, 4.69) is 0 Å². The van der Waals surface area contributed by atoms with Gasteiger partial charge in [-0.05, 0) is 12.1 Å². The molecule has 2 fully saturated rings. The van der Waals surface area contributed by atoms with Gasteiger partial charge in [-0.25, -0.2) is 22.0 Å². The fraction of sp³-hybridized carbons (Fsp3) is 0.562. The average molecular weight is 374 g/mol. The number of hydrogen-bond acceptors (Lipinski definition) is 4. The quantitative estimate of drug-likeness (QED) is 0.815. The third kappa shape index (κ3) is 3.35. The van der Waals surface area contributed by atoms with Crippen LogP contribution in [0.4, 0.5) is 13.6 Å². The summed E-state index contributed by atoms with van der Waals surface area (Å²) in [6.07, 6.45) is 0.354. The second-order valence-corrected chi connectivity index (χ2v) is 8.67. The largest absolute Gasteiger partial charge is 0.441 e. The molecule has 0 atom stereocenters. The first-order valence-corrected chi connectivity index (χ1v) is 9.40. The molecule has 2 aliphatic rings. The van der Waals surface area contributed by atoms with Crippen LogP contribution in [0.25, 0.3) is 0 Å². The van der Waals surface area contributed by atoms with Crippen LogP contribution in [0.1, 0.15) is 25.3 Å². The van der Waals surface area contributed by atoms with Crippen molar-refractivity contribution in [2.75, 3.05) is 26.7 Å². The topological polar surface area (TPSA) is 66.9 Å². The molecular weight excluding hydrogens is 354 g/mol. The van der Waals surface area contributed by atoms with Crippen molar-refractivity contribution in [1.29, 1.82) is 0 Å². The SMILES string of the molecule is CN1CC2(CCN(S(=O)(=O)c3cccc(C(C)(F)F)c3)CC2)OC1=O. The van der Waals surface area contributed by atoms with Gasteiger partial charge in [0.25, 0.3) is 5.92 Å². The lowest BCUT2D eigenvalue weighted by atomic mass is 9.92. The average Bonchev–Trinajstić information content (AvgIpc) is 2.81. The summed E-state index contributed by atoms with van der Waals surface area (Å²) in [4.78, 5) is 12.9. The van der Waals surface area contributed by atoms with Crippen LogP contribution < -0.4 is 0 Å². The molecule has 6 nitrogen and oxygen atoms in total. The van der Waals surface area contributed by atoms with E-state index in [1.807, 2.05) is 0 Å². The van der Waals surface area contributed by atoms with Crippen molar-refractivity contribution in [3.63, 3.8) is 0 Å². The lowest BCUT2D eigenvalue weighted by Gasteiger charge is -2.36. The predicted octanol–water partition coefficient (Wildman–Crippen LogP) is 2.40. The Bertz CT molecular complexity index is 784. The molecule has 1 amide bonds. The minimum absolute atomic E-state index is 0.150. The molecule has 0 radical (unpaired) electrons. The van der Waals surface area contributed by atoms with E-state index in [9.17, 15) is 22.0 Å². The zero-order valence-corrected chi connectivity index (χ0v) is 14.9. The molecule has 0 saturated carbocycles. The summed E-state index contributed by atoms with van der Waals surface area (Å²) >= 11 is 0. The Morgan fingerprint density at radius 1 is 1.24 bits per heavy atom. The van der Waals surface area contributed by atoms with Gasteiger partial charge in [-0.15, -0.1) is 0 Å². The molecule has 138 valence electrons. The van der Waals surface area contributed by atoms with E-state index in [0.717, 1.165) is 13.0 Å². The number of carbonyl (C=O) groups is 1. The van der Waals surface area contributed by atoms with Crippen molar-refractivity contribution < 1.29 is 26.7 Å². The molecule has 2 saturated heterocycles. The Kier molecular flexibility index (Phi) is 4.27. The Morgan fingerprint density at radius 2 is 1.88 bits per heavy atom. The molecule has 1 aromatic carbocycles. The Hall–Kier alpha value is -1.74. The second kappa shape index (κ2) is 5.91. The van der Waals surface area contributed by atoms with E-state index in [-0.39, 0.29) is 23.5 Å². The van der Waals surface area contributed by atoms with Gasteiger partial charge in [-0.3, -0.25) is 0 Å². The van der Waals surface area contributed by atoms with E-state index in [0.29, 0.717) is 19.4 Å². The van der Waals surface area contributed by atoms with Crippen molar-refractivity contribution in [3.8, 4) is 0 Å². The maximum atomic E-state index is 13.5. The molecule has 0 aromatic heterocycles. The van der Waals surface area contributed by atoms with Crippen LogP contribution in [0.15, 0.2) is 29.2 Å². The number of alkyl halides is 2. The summed E-state index contributed by atoms with van der Waals surface area (Å²) in [5.74, 6) is -3.11. The van der Waals surface area contributed by atoms with E-state index < -0.39 is 27.6 Å². The highest BCUT2D eigenvalue weighted by atomic mass is 32.2. The predicted molar refractivity (Wildman–Crippen MR) is 85.8 cm³/mol. The molecule has 25 heavy (non-hydrogen) atoms. The summed E-state index contributed by atoms with van der Waals surface area (Å²) in [6, 6.07) is 4.86. The molecule has 2 aliphatic heterocycles.